The maximum atomic E-state index is 10.4. The number of hydrogen-bond acceptors (Lipinski definition) is 3. The first-order chi connectivity index (χ1) is 10.2. The van der Waals surface area contributed by atoms with Crippen molar-refractivity contribution in [2.45, 2.75) is 53.1 Å². The lowest BCUT2D eigenvalue weighted by atomic mass is 9.91. The molecule has 1 unspecified atom stereocenters. The van der Waals surface area contributed by atoms with E-state index < -0.39 is 5.60 Å². The number of guanidine groups is 1. The Bertz CT molecular complexity index is 451. The zero-order valence-electron chi connectivity index (χ0n) is 15.0. The summed E-state index contributed by atoms with van der Waals surface area (Å²) >= 11 is 0. The van der Waals surface area contributed by atoms with Crippen LogP contribution in [0.4, 0.5) is 0 Å². The van der Waals surface area contributed by atoms with Crippen molar-refractivity contribution in [2.75, 3.05) is 19.6 Å². The van der Waals surface area contributed by atoms with Crippen LogP contribution in [0, 0.1) is 5.41 Å². The predicted octanol–water partition coefficient (Wildman–Crippen LogP) is 3.49. The molecule has 0 aliphatic rings. The zero-order chi connectivity index (χ0) is 16.6. The van der Waals surface area contributed by atoms with Crippen molar-refractivity contribution in [1.29, 1.82) is 0 Å². The second-order valence-corrected chi connectivity index (χ2v) is 7.04. The van der Waals surface area contributed by atoms with Crippen LogP contribution in [0.25, 0.3) is 0 Å². The van der Waals surface area contributed by atoms with Crippen molar-refractivity contribution in [3.8, 4) is 0 Å². The summed E-state index contributed by atoms with van der Waals surface area (Å²) in [6.07, 6.45) is 3.80. The summed E-state index contributed by atoms with van der Waals surface area (Å²) in [6, 6.07) is 3.53. The molecule has 0 saturated heterocycles. The fourth-order valence-electron chi connectivity index (χ4n) is 2.06. The Morgan fingerprint density at radius 1 is 1.26 bits per heavy atom. The van der Waals surface area contributed by atoms with Crippen molar-refractivity contribution in [3.63, 3.8) is 0 Å². The summed E-state index contributed by atoms with van der Waals surface area (Å²) in [5, 5.41) is 16.9. The molecule has 3 N–H and O–H groups in total. The average molecular weight is 437 g/mol. The van der Waals surface area contributed by atoms with Crippen LogP contribution in [0.5, 0.6) is 0 Å². The number of hydrogen-bond donors (Lipinski definition) is 3. The molecule has 0 spiro atoms. The van der Waals surface area contributed by atoms with E-state index in [1.165, 1.54) is 0 Å². The lowest BCUT2D eigenvalue weighted by molar-refractivity contribution is 0.0437. The topological polar surface area (TPSA) is 69.8 Å². The first-order valence-electron chi connectivity index (χ1n) is 8.03. The molecule has 5 nitrogen and oxygen atoms in total. The molecule has 0 amide bonds. The molecule has 0 bridgehead atoms. The smallest absolute Gasteiger partial charge is 0.191 e. The summed E-state index contributed by atoms with van der Waals surface area (Å²) < 4.78 is 5.27. The fraction of sp³-hybridized carbons (Fsp3) is 0.706. The predicted molar refractivity (Wildman–Crippen MR) is 106 cm³/mol. The molecule has 1 atom stereocenters. The third-order valence-electron chi connectivity index (χ3n) is 3.34. The number of rotatable bonds is 7. The highest BCUT2D eigenvalue weighted by atomic mass is 127. The van der Waals surface area contributed by atoms with E-state index in [0.717, 1.165) is 31.9 Å². The second kappa shape index (κ2) is 10.2. The molecule has 6 heteroatoms. The minimum absolute atomic E-state index is 0. The Labute approximate surface area is 157 Å². The highest BCUT2D eigenvalue weighted by Gasteiger charge is 2.26. The van der Waals surface area contributed by atoms with E-state index in [9.17, 15) is 5.11 Å². The molecule has 23 heavy (non-hydrogen) atoms. The molecule has 0 fully saturated rings. The normalized spacial score (nSPS) is 14.8. The number of aliphatic imine (C=N–C) groups is 1. The molecular weight excluding hydrogens is 405 g/mol. The van der Waals surface area contributed by atoms with Gasteiger partial charge in [-0.3, -0.25) is 0 Å². The molecule has 0 aliphatic carbocycles. The SMILES string of the molecule is CCNC(=NCC(C)(O)c1ccco1)NCCCC(C)(C)C.I. The van der Waals surface area contributed by atoms with E-state index in [1.54, 1.807) is 25.3 Å². The van der Waals surface area contributed by atoms with Crippen LogP contribution in [-0.2, 0) is 5.60 Å². The van der Waals surface area contributed by atoms with Crippen LogP contribution in [0.15, 0.2) is 27.8 Å². The van der Waals surface area contributed by atoms with Gasteiger partial charge in [0.05, 0.1) is 12.8 Å². The maximum Gasteiger partial charge on any atom is 0.191 e. The third kappa shape index (κ3) is 9.20. The van der Waals surface area contributed by atoms with Gasteiger partial charge in [0.2, 0.25) is 0 Å². The highest BCUT2D eigenvalue weighted by molar-refractivity contribution is 14.0. The van der Waals surface area contributed by atoms with Crippen LogP contribution < -0.4 is 10.6 Å². The fourth-order valence-corrected chi connectivity index (χ4v) is 2.06. The van der Waals surface area contributed by atoms with Crippen LogP contribution >= 0.6 is 24.0 Å². The number of furan rings is 1. The Kier molecular flexibility index (Phi) is 9.84. The first kappa shape index (κ1) is 22.2. The molecule has 0 radical (unpaired) electrons. The van der Waals surface area contributed by atoms with Crippen LogP contribution in [0.2, 0.25) is 0 Å². The summed E-state index contributed by atoms with van der Waals surface area (Å²) in [5.74, 6) is 1.25. The van der Waals surface area contributed by atoms with Gasteiger partial charge < -0.3 is 20.2 Å². The molecule has 1 heterocycles. The van der Waals surface area contributed by atoms with Gasteiger partial charge in [0.15, 0.2) is 5.96 Å². The molecule has 1 rings (SSSR count). The maximum absolute atomic E-state index is 10.4. The second-order valence-electron chi connectivity index (χ2n) is 7.04. The molecule has 0 aliphatic heterocycles. The van der Waals surface area contributed by atoms with E-state index >= 15 is 0 Å². The number of aliphatic hydroxyl groups is 1. The van der Waals surface area contributed by atoms with Gasteiger partial charge in [0, 0.05) is 13.1 Å². The standard InChI is InChI=1S/C17H31N3O2.HI/c1-6-18-15(19-11-8-10-16(2,3)4)20-13-17(5,21)14-9-7-12-22-14;/h7,9,12,21H,6,8,10-11,13H2,1-5H3,(H2,18,19,20);1H. The van der Waals surface area contributed by atoms with Gasteiger partial charge >= 0.3 is 0 Å². The van der Waals surface area contributed by atoms with E-state index in [2.05, 4.69) is 36.4 Å². The molecule has 1 aromatic rings. The largest absolute Gasteiger partial charge is 0.466 e. The Morgan fingerprint density at radius 2 is 1.96 bits per heavy atom. The molecule has 134 valence electrons. The van der Waals surface area contributed by atoms with E-state index in [0.29, 0.717) is 11.2 Å². The van der Waals surface area contributed by atoms with Crippen molar-refractivity contribution in [1.82, 2.24) is 10.6 Å². The average Bonchev–Trinajstić information content (AvgIpc) is 2.94. The van der Waals surface area contributed by atoms with E-state index in [4.69, 9.17) is 4.42 Å². The van der Waals surface area contributed by atoms with Crippen molar-refractivity contribution < 1.29 is 9.52 Å². The summed E-state index contributed by atoms with van der Waals surface area (Å²) in [7, 11) is 0. The van der Waals surface area contributed by atoms with E-state index in [-0.39, 0.29) is 30.5 Å². The lowest BCUT2D eigenvalue weighted by Crippen LogP contribution is -2.39. The summed E-state index contributed by atoms with van der Waals surface area (Å²) in [4.78, 5) is 4.46. The number of halogens is 1. The van der Waals surface area contributed by atoms with Gasteiger partial charge in [-0.05, 0) is 44.2 Å². The van der Waals surface area contributed by atoms with Gasteiger partial charge in [-0.1, -0.05) is 20.8 Å². The minimum Gasteiger partial charge on any atom is -0.466 e. The minimum atomic E-state index is -1.10. The Hall–Kier alpha value is -0.760. The summed E-state index contributed by atoms with van der Waals surface area (Å²) in [6.45, 7) is 12.4. The summed E-state index contributed by atoms with van der Waals surface area (Å²) in [5.41, 5.74) is -0.753. The van der Waals surface area contributed by atoms with Gasteiger partial charge in [-0.15, -0.1) is 24.0 Å². The molecule has 1 aromatic heterocycles. The molecule has 0 aromatic carbocycles. The molecule has 0 saturated carbocycles. The van der Waals surface area contributed by atoms with Crippen LogP contribution in [-0.4, -0.2) is 30.7 Å². The monoisotopic (exact) mass is 437 g/mol. The van der Waals surface area contributed by atoms with E-state index in [1.807, 2.05) is 6.92 Å². The van der Waals surface area contributed by atoms with Crippen molar-refractivity contribution in [2.24, 2.45) is 10.4 Å². The van der Waals surface area contributed by atoms with Gasteiger partial charge in [0.1, 0.15) is 11.4 Å². The number of nitrogens with zero attached hydrogens (tertiary/aromatic N) is 1. The van der Waals surface area contributed by atoms with Gasteiger partial charge in [0.25, 0.3) is 0 Å². The van der Waals surface area contributed by atoms with Crippen LogP contribution in [0.1, 0.15) is 53.2 Å². The van der Waals surface area contributed by atoms with Crippen LogP contribution in [0.3, 0.4) is 0 Å². The first-order valence-corrected chi connectivity index (χ1v) is 8.03. The van der Waals surface area contributed by atoms with Crippen molar-refractivity contribution in [3.05, 3.63) is 24.2 Å². The molecular formula is C17H32IN3O2. The zero-order valence-corrected chi connectivity index (χ0v) is 17.3. The lowest BCUT2D eigenvalue weighted by Gasteiger charge is -2.20. The van der Waals surface area contributed by atoms with Gasteiger partial charge in [-0.2, -0.15) is 0 Å². The highest BCUT2D eigenvalue weighted by Crippen LogP contribution is 2.21. The number of nitrogens with one attached hydrogen (secondary N) is 2. The van der Waals surface area contributed by atoms with Crippen molar-refractivity contribution >= 4 is 29.9 Å². The Balaban J connectivity index is 0.00000484. The van der Waals surface area contributed by atoms with Gasteiger partial charge in [-0.25, -0.2) is 4.99 Å². The third-order valence-corrected chi connectivity index (χ3v) is 3.34. The quantitative estimate of drug-likeness (QED) is 0.264. The Morgan fingerprint density at radius 3 is 2.48 bits per heavy atom.